The average molecular weight is 275 g/mol. The molecule has 0 N–H and O–H groups in total. The van der Waals surface area contributed by atoms with E-state index in [-0.39, 0.29) is 12.5 Å². The molecule has 106 valence electrons. The van der Waals surface area contributed by atoms with Crippen LogP contribution < -0.4 is 4.90 Å². The van der Waals surface area contributed by atoms with E-state index < -0.39 is 0 Å². The van der Waals surface area contributed by atoms with E-state index in [0.29, 0.717) is 19.1 Å². The number of aromatic nitrogens is 4. The quantitative estimate of drug-likeness (QED) is 0.734. The van der Waals surface area contributed by atoms with Crippen molar-refractivity contribution in [2.75, 3.05) is 24.6 Å². The maximum Gasteiger partial charge on any atom is 0.325 e. The third kappa shape index (κ3) is 3.11. The van der Waals surface area contributed by atoms with E-state index in [1.54, 1.807) is 16.5 Å². The van der Waals surface area contributed by atoms with Gasteiger partial charge in [0.25, 0.3) is 5.95 Å². The lowest BCUT2D eigenvalue weighted by Gasteiger charge is -2.19. The highest BCUT2D eigenvalue weighted by molar-refractivity contribution is 5.75. The summed E-state index contributed by atoms with van der Waals surface area (Å²) < 4.78 is 6.56. The zero-order valence-corrected chi connectivity index (χ0v) is 11.6. The maximum absolute atomic E-state index is 11.6. The Bertz CT molecular complexity index is 555. The Morgan fingerprint density at radius 1 is 1.30 bits per heavy atom. The lowest BCUT2D eigenvalue weighted by molar-refractivity contribution is -0.141. The fraction of sp³-hybridized carbons (Fsp3) is 0.385. The summed E-state index contributed by atoms with van der Waals surface area (Å²) in [6.45, 7) is 4.80. The van der Waals surface area contributed by atoms with Crippen LogP contribution >= 0.6 is 0 Å². The Kier molecular flexibility index (Phi) is 4.65. The lowest BCUT2D eigenvalue weighted by atomic mass is 10.3. The number of tetrazole rings is 1. The molecule has 0 atom stereocenters. The second kappa shape index (κ2) is 6.65. The number of hydrogen-bond acceptors (Lipinski definition) is 6. The van der Waals surface area contributed by atoms with Gasteiger partial charge in [0.05, 0.1) is 12.3 Å². The van der Waals surface area contributed by atoms with Gasteiger partial charge in [0, 0.05) is 6.54 Å². The van der Waals surface area contributed by atoms with Gasteiger partial charge in [-0.1, -0.05) is 23.3 Å². The number of hydrogen-bond donors (Lipinski definition) is 0. The molecule has 0 aliphatic carbocycles. The van der Waals surface area contributed by atoms with Gasteiger partial charge in [-0.05, 0) is 36.4 Å². The van der Waals surface area contributed by atoms with Crippen molar-refractivity contribution >= 4 is 11.9 Å². The third-order valence-electron chi connectivity index (χ3n) is 2.74. The summed E-state index contributed by atoms with van der Waals surface area (Å²) in [4.78, 5) is 13.4. The molecule has 1 heterocycles. The van der Waals surface area contributed by atoms with Crippen molar-refractivity contribution < 1.29 is 9.53 Å². The van der Waals surface area contributed by atoms with Crippen LogP contribution in [0.1, 0.15) is 13.8 Å². The van der Waals surface area contributed by atoms with Gasteiger partial charge in [-0.2, -0.15) is 4.68 Å². The number of carbonyl (C=O) groups is 1. The Morgan fingerprint density at radius 3 is 2.70 bits per heavy atom. The maximum atomic E-state index is 11.6. The highest BCUT2D eigenvalue weighted by atomic mass is 16.5. The van der Waals surface area contributed by atoms with Crippen molar-refractivity contribution in [3.63, 3.8) is 0 Å². The SMILES string of the molecule is CCOC(=O)CN(CC)c1nnnn1-c1ccccc1. The van der Waals surface area contributed by atoms with E-state index in [1.165, 1.54) is 0 Å². The fourth-order valence-electron chi connectivity index (χ4n) is 1.80. The second-order valence-corrected chi connectivity index (χ2v) is 4.05. The molecule has 2 rings (SSSR count). The molecule has 0 unspecified atom stereocenters. The van der Waals surface area contributed by atoms with Crippen molar-refractivity contribution in [1.29, 1.82) is 0 Å². The van der Waals surface area contributed by atoms with E-state index >= 15 is 0 Å². The number of likely N-dealkylation sites (N-methyl/N-ethyl adjacent to an activating group) is 1. The highest BCUT2D eigenvalue weighted by Crippen LogP contribution is 2.14. The molecule has 1 aromatic heterocycles. The summed E-state index contributed by atoms with van der Waals surface area (Å²) in [6.07, 6.45) is 0. The van der Waals surface area contributed by atoms with Crippen LogP contribution in [-0.2, 0) is 9.53 Å². The topological polar surface area (TPSA) is 73.1 Å². The van der Waals surface area contributed by atoms with E-state index in [4.69, 9.17) is 4.74 Å². The van der Waals surface area contributed by atoms with E-state index in [2.05, 4.69) is 15.5 Å². The van der Waals surface area contributed by atoms with Gasteiger partial charge in [0.15, 0.2) is 0 Å². The van der Waals surface area contributed by atoms with Gasteiger partial charge in [0.2, 0.25) is 0 Å². The molecule has 0 aliphatic heterocycles. The van der Waals surface area contributed by atoms with Crippen LogP contribution in [0.15, 0.2) is 30.3 Å². The summed E-state index contributed by atoms with van der Waals surface area (Å²) in [5.41, 5.74) is 0.842. The number of nitrogens with zero attached hydrogens (tertiary/aromatic N) is 5. The van der Waals surface area contributed by atoms with Gasteiger partial charge in [0.1, 0.15) is 6.54 Å². The summed E-state index contributed by atoms with van der Waals surface area (Å²) in [5.74, 6) is 0.226. The molecule has 20 heavy (non-hydrogen) atoms. The zero-order chi connectivity index (χ0) is 14.4. The summed E-state index contributed by atoms with van der Waals surface area (Å²) in [7, 11) is 0. The number of para-hydroxylation sites is 1. The predicted molar refractivity (Wildman–Crippen MR) is 73.7 cm³/mol. The molecule has 0 aliphatic rings. The molecule has 0 amide bonds. The highest BCUT2D eigenvalue weighted by Gasteiger charge is 2.18. The first-order valence-electron chi connectivity index (χ1n) is 6.50. The van der Waals surface area contributed by atoms with Gasteiger partial charge < -0.3 is 9.64 Å². The number of carbonyl (C=O) groups excluding carboxylic acids is 1. The van der Waals surface area contributed by atoms with Crippen molar-refractivity contribution in [2.24, 2.45) is 0 Å². The van der Waals surface area contributed by atoms with Gasteiger partial charge in [-0.3, -0.25) is 4.79 Å². The molecule has 2 aromatic rings. The van der Waals surface area contributed by atoms with Crippen molar-refractivity contribution in [2.45, 2.75) is 13.8 Å². The molecule has 0 fully saturated rings. The Labute approximate surface area is 117 Å². The minimum absolute atomic E-state index is 0.123. The van der Waals surface area contributed by atoms with Crippen LogP contribution in [0.5, 0.6) is 0 Å². The van der Waals surface area contributed by atoms with Crippen LogP contribution in [-0.4, -0.2) is 45.9 Å². The molecule has 0 radical (unpaired) electrons. The standard InChI is InChI=1S/C13H17N5O2/c1-3-17(10-12(19)20-4-2)13-14-15-16-18(13)11-8-6-5-7-9-11/h5-9H,3-4,10H2,1-2H3. The normalized spacial score (nSPS) is 10.3. The first kappa shape index (κ1) is 14.0. The number of rotatable bonds is 6. The van der Waals surface area contributed by atoms with Crippen LogP contribution in [0, 0.1) is 0 Å². The third-order valence-corrected chi connectivity index (χ3v) is 2.74. The molecule has 7 heteroatoms. The van der Waals surface area contributed by atoms with Crippen LogP contribution in [0.3, 0.4) is 0 Å². The summed E-state index contributed by atoms with van der Waals surface area (Å²) in [6, 6.07) is 9.53. The monoisotopic (exact) mass is 275 g/mol. The average Bonchev–Trinajstić information content (AvgIpc) is 2.95. The van der Waals surface area contributed by atoms with Gasteiger partial charge >= 0.3 is 5.97 Å². The molecule has 7 nitrogen and oxygen atoms in total. The first-order chi connectivity index (χ1) is 9.76. The molecule has 1 aromatic carbocycles. The Morgan fingerprint density at radius 2 is 2.05 bits per heavy atom. The van der Waals surface area contributed by atoms with E-state index in [1.807, 2.05) is 37.3 Å². The van der Waals surface area contributed by atoms with E-state index in [9.17, 15) is 4.79 Å². The molecule has 0 saturated carbocycles. The first-order valence-corrected chi connectivity index (χ1v) is 6.50. The van der Waals surface area contributed by atoms with Crippen molar-refractivity contribution in [3.8, 4) is 5.69 Å². The number of benzene rings is 1. The zero-order valence-electron chi connectivity index (χ0n) is 11.6. The minimum atomic E-state index is -0.294. The van der Waals surface area contributed by atoms with Gasteiger partial charge in [-0.15, -0.1) is 0 Å². The Hall–Kier alpha value is -2.44. The van der Waals surface area contributed by atoms with Crippen molar-refractivity contribution in [3.05, 3.63) is 30.3 Å². The van der Waals surface area contributed by atoms with Crippen LogP contribution in [0.25, 0.3) is 5.69 Å². The molecule has 0 bridgehead atoms. The molecular formula is C13H17N5O2. The smallest absolute Gasteiger partial charge is 0.325 e. The number of ether oxygens (including phenoxy) is 1. The Balaban J connectivity index is 2.23. The lowest BCUT2D eigenvalue weighted by Crippen LogP contribution is -2.33. The molecule has 0 spiro atoms. The minimum Gasteiger partial charge on any atom is -0.465 e. The van der Waals surface area contributed by atoms with Crippen molar-refractivity contribution in [1.82, 2.24) is 20.2 Å². The van der Waals surface area contributed by atoms with E-state index in [0.717, 1.165) is 5.69 Å². The summed E-state index contributed by atoms with van der Waals surface area (Å²) >= 11 is 0. The molecular weight excluding hydrogens is 258 g/mol. The molecule has 0 saturated heterocycles. The number of anilines is 1. The largest absolute Gasteiger partial charge is 0.465 e. The van der Waals surface area contributed by atoms with Crippen LogP contribution in [0.4, 0.5) is 5.95 Å². The van der Waals surface area contributed by atoms with Gasteiger partial charge in [-0.25, -0.2) is 0 Å². The second-order valence-electron chi connectivity index (χ2n) is 4.05. The summed E-state index contributed by atoms with van der Waals surface area (Å²) in [5, 5.41) is 11.7. The van der Waals surface area contributed by atoms with Crippen LogP contribution in [0.2, 0.25) is 0 Å². The predicted octanol–water partition coefficient (Wildman–Crippen LogP) is 1.05. The fourth-order valence-corrected chi connectivity index (χ4v) is 1.80. The number of esters is 1.